The molecule has 0 saturated heterocycles. The quantitative estimate of drug-likeness (QED) is 0.795. The van der Waals surface area contributed by atoms with Crippen LogP contribution in [-0.2, 0) is 11.2 Å². The molecule has 1 amide bonds. The van der Waals surface area contributed by atoms with Crippen molar-refractivity contribution in [2.45, 2.75) is 17.1 Å². The van der Waals surface area contributed by atoms with E-state index < -0.39 is 11.6 Å². The van der Waals surface area contributed by atoms with E-state index in [1.54, 1.807) is 6.07 Å². The number of rotatable bonds is 6. The topological polar surface area (TPSA) is 38.3 Å². The highest BCUT2D eigenvalue weighted by molar-refractivity contribution is 7.99. The second-order valence-electron chi connectivity index (χ2n) is 4.60. The lowest BCUT2D eigenvalue weighted by molar-refractivity contribution is -0.115. The first-order valence-corrected chi connectivity index (χ1v) is 7.53. The zero-order valence-corrected chi connectivity index (χ0v) is 13.0. The number of carbonyl (C=O) groups is 1. The van der Waals surface area contributed by atoms with Crippen molar-refractivity contribution in [1.29, 1.82) is 0 Å². The number of hydrogen-bond donors (Lipinski definition) is 1. The van der Waals surface area contributed by atoms with E-state index in [4.69, 9.17) is 4.74 Å². The second kappa shape index (κ2) is 7.92. The van der Waals surface area contributed by atoms with Gasteiger partial charge in [0.05, 0.1) is 13.5 Å². The molecule has 0 radical (unpaired) electrons. The van der Waals surface area contributed by atoms with E-state index in [-0.39, 0.29) is 18.1 Å². The third kappa shape index (κ3) is 5.21. The van der Waals surface area contributed by atoms with Crippen LogP contribution in [-0.4, -0.2) is 18.8 Å². The van der Waals surface area contributed by atoms with E-state index >= 15 is 0 Å². The van der Waals surface area contributed by atoms with Gasteiger partial charge >= 0.3 is 0 Å². The fraction of sp³-hybridized carbons (Fsp3) is 0.188. The van der Waals surface area contributed by atoms with Crippen LogP contribution in [0.2, 0.25) is 0 Å². The minimum absolute atomic E-state index is 0.00551. The summed E-state index contributed by atoms with van der Waals surface area (Å²) < 4.78 is 42.8. The zero-order valence-electron chi connectivity index (χ0n) is 12.2. The van der Waals surface area contributed by atoms with Crippen LogP contribution in [0.25, 0.3) is 0 Å². The molecule has 0 bridgehead atoms. The molecule has 0 aromatic heterocycles. The van der Waals surface area contributed by atoms with Gasteiger partial charge in [0.15, 0.2) is 11.6 Å². The Morgan fingerprint density at radius 3 is 2.48 bits per heavy atom. The van der Waals surface area contributed by atoms with Crippen LogP contribution in [0.15, 0.2) is 47.4 Å². The molecule has 2 aromatic carbocycles. The van der Waals surface area contributed by atoms with E-state index in [1.165, 1.54) is 43.5 Å². The Morgan fingerprint density at radius 1 is 1.22 bits per heavy atom. The maximum Gasteiger partial charge on any atom is 0.288 e. The molecule has 122 valence electrons. The minimum atomic E-state index is -2.49. The van der Waals surface area contributed by atoms with Gasteiger partial charge in [0.25, 0.3) is 5.76 Å². The summed E-state index contributed by atoms with van der Waals surface area (Å²) in [7, 11) is 1.36. The molecule has 0 aliphatic carbocycles. The van der Waals surface area contributed by atoms with Crippen molar-refractivity contribution in [2.24, 2.45) is 0 Å². The molecule has 2 aromatic rings. The Balaban J connectivity index is 1.95. The maximum absolute atomic E-state index is 13.6. The smallest absolute Gasteiger partial charge is 0.288 e. The molecular formula is C16H14F3NO2S. The van der Waals surface area contributed by atoms with Gasteiger partial charge in [-0.25, -0.2) is 4.39 Å². The maximum atomic E-state index is 13.6. The lowest BCUT2D eigenvalue weighted by Gasteiger charge is -2.08. The van der Waals surface area contributed by atoms with Crippen LogP contribution >= 0.6 is 11.8 Å². The van der Waals surface area contributed by atoms with Crippen molar-refractivity contribution >= 4 is 23.4 Å². The molecule has 0 saturated carbocycles. The third-order valence-corrected chi connectivity index (χ3v) is 3.67. The van der Waals surface area contributed by atoms with Crippen LogP contribution in [0.4, 0.5) is 18.9 Å². The number of carbonyl (C=O) groups excluding carboxylic acids is 1. The predicted molar refractivity (Wildman–Crippen MR) is 83.6 cm³/mol. The van der Waals surface area contributed by atoms with Crippen LogP contribution in [0, 0.1) is 5.82 Å². The third-order valence-electron chi connectivity index (χ3n) is 2.94. The molecule has 23 heavy (non-hydrogen) atoms. The number of thioether (sulfide) groups is 1. The number of anilines is 1. The number of nitrogens with one attached hydrogen (secondary N) is 1. The summed E-state index contributed by atoms with van der Waals surface area (Å²) in [6.07, 6.45) is -0.00551. The Bertz CT molecular complexity index is 678. The van der Waals surface area contributed by atoms with E-state index in [9.17, 15) is 18.0 Å². The summed E-state index contributed by atoms with van der Waals surface area (Å²) >= 11 is 0.434. The largest absolute Gasteiger partial charge is 0.494 e. The van der Waals surface area contributed by atoms with Crippen molar-refractivity contribution in [1.82, 2.24) is 0 Å². The molecule has 3 nitrogen and oxygen atoms in total. The van der Waals surface area contributed by atoms with E-state index in [0.29, 0.717) is 27.9 Å². The van der Waals surface area contributed by atoms with Crippen LogP contribution in [0.1, 0.15) is 5.56 Å². The average Bonchev–Trinajstić information content (AvgIpc) is 2.49. The molecule has 0 heterocycles. The van der Waals surface area contributed by atoms with E-state index in [2.05, 4.69) is 5.32 Å². The first-order valence-electron chi connectivity index (χ1n) is 6.65. The van der Waals surface area contributed by atoms with Crippen molar-refractivity contribution in [2.75, 3.05) is 12.4 Å². The molecule has 2 rings (SSSR count). The lowest BCUT2D eigenvalue weighted by Crippen LogP contribution is -2.14. The normalized spacial score (nSPS) is 10.7. The van der Waals surface area contributed by atoms with Crippen LogP contribution in [0.3, 0.4) is 0 Å². The summed E-state index contributed by atoms with van der Waals surface area (Å²) in [4.78, 5) is 12.3. The van der Waals surface area contributed by atoms with E-state index in [1.807, 2.05) is 0 Å². The number of methoxy groups -OCH3 is 1. The zero-order chi connectivity index (χ0) is 16.8. The number of halogens is 3. The average molecular weight is 341 g/mol. The summed E-state index contributed by atoms with van der Waals surface area (Å²) in [5.74, 6) is -3.24. The fourth-order valence-corrected chi connectivity index (χ4v) is 2.43. The Morgan fingerprint density at radius 2 is 1.91 bits per heavy atom. The van der Waals surface area contributed by atoms with Gasteiger partial charge in [0.2, 0.25) is 5.91 Å². The number of hydrogen-bond acceptors (Lipinski definition) is 3. The van der Waals surface area contributed by atoms with Gasteiger partial charge in [0.1, 0.15) is 0 Å². The van der Waals surface area contributed by atoms with Gasteiger partial charge in [-0.15, -0.1) is 0 Å². The van der Waals surface area contributed by atoms with Crippen molar-refractivity contribution in [3.05, 3.63) is 53.8 Å². The summed E-state index contributed by atoms with van der Waals surface area (Å²) in [5, 5.41) is 2.63. The highest BCUT2D eigenvalue weighted by atomic mass is 32.2. The molecule has 0 fully saturated rings. The lowest BCUT2D eigenvalue weighted by atomic mass is 10.1. The Labute approximate surface area is 135 Å². The number of ether oxygens (including phenoxy) is 1. The molecule has 1 N–H and O–H groups in total. The minimum Gasteiger partial charge on any atom is -0.494 e. The van der Waals surface area contributed by atoms with Gasteiger partial charge in [0, 0.05) is 10.6 Å². The predicted octanol–water partition coefficient (Wildman–Crippen LogP) is 4.33. The first kappa shape index (κ1) is 17.2. The van der Waals surface area contributed by atoms with Crippen LogP contribution in [0.5, 0.6) is 5.75 Å². The highest BCUT2D eigenvalue weighted by Gasteiger charge is 2.09. The molecule has 0 aliphatic rings. The van der Waals surface area contributed by atoms with Gasteiger partial charge in [-0.05, 0) is 42.0 Å². The molecular weight excluding hydrogens is 327 g/mol. The number of amides is 1. The molecule has 0 unspecified atom stereocenters. The van der Waals surface area contributed by atoms with E-state index in [0.717, 1.165) is 0 Å². The Hall–Kier alpha value is -2.15. The monoisotopic (exact) mass is 341 g/mol. The SMILES string of the molecule is COc1ccc(CC(=O)Nc2ccc(SC(F)F)cc2)cc1F. The molecule has 0 aliphatic heterocycles. The van der Waals surface area contributed by atoms with Crippen molar-refractivity contribution < 1.29 is 22.7 Å². The Kier molecular flexibility index (Phi) is 5.92. The second-order valence-corrected chi connectivity index (χ2v) is 5.66. The molecule has 0 atom stereocenters. The van der Waals surface area contributed by atoms with Crippen molar-refractivity contribution in [3.63, 3.8) is 0 Å². The van der Waals surface area contributed by atoms with Gasteiger partial charge < -0.3 is 10.1 Å². The van der Waals surface area contributed by atoms with Gasteiger partial charge in [-0.3, -0.25) is 4.79 Å². The molecule has 7 heteroatoms. The first-order chi connectivity index (χ1) is 11.0. The standard InChI is InChI=1S/C16H14F3NO2S/c1-22-14-7-2-10(8-13(14)17)9-15(21)20-11-3-5-12(6-4-11)23-16(18)19/h2-8,16H,9H2,1H3,(H,20,21). The summed E-state index contributed by atoms with van der Waals surface area (Å²) in [6.45, 7) is 0. The molecule has 0 spiro atoms. The number of benzene rings is 2. The van der Waals surface area contributed by atoms with Gasteiger partial charge in [-0.2, -0.15) is 8.78 Å². The number of alkyl halides is 2. The summed E-state index contributed by atoms with van der Waals surface area (Å²) in [5.41, 5.74) is 0.994. The van der Waals surface area contributed by atoms with Crippen molar-refractivity contribution in [3.8, 4) is 5.75 Å². The summed E-state index contributed by atoms with van der Waals surface area (Å²) in [6, 6.07) is 10.4. The van der Waals surface area contributed by atoms with Crippen LogP contribution < -0.4 is 10.1 Å². The fourth-order valence-electron chi connectivity index (χ4n) is 1.93. The van der Waals surface area contributed by atoms with Gasteiger partial charge in [-0.1, -0.05) is 17.8 Å². The highest BCUT2D eigenvalue weighted by Crippen LogP contribution is 2.26.